The number of nitrogens with zero attached hydrogens (tertiary/aromatic N) is 2. The lowest BCUT2D eigenvalue weighted by Crippen LogP contribution is -2.47. The molecule has 1 amide bonds. The molecule has 3 aromatic rings. The van der Waals surface area contributed by atoms with Gasteiger partial charge in [-0.05, 0) is 93.5 Å². The van der Waals surface area contributed by atoms with Crippen molar-refractivity contribution in [3.63, 3.8) is 0 Å². The van der Waals surface area contributed by atoms with Crippen LogP contribution in [0, 0.1) is 24.1 Å². The summed E-state index contributed by atoms with van der Waals surface area (Å²) in [4.78, 5) is 16.5. The molecule has 4 rings (SSSR count). The van der Waals surface area contributed by atoms with Crippen molar-refractivity contribution in [2.45, 2.75) is 67.0 Å². The third-order valence-electron chi connectivity index (χ3n) is 8.06. The van der Waals surface area contributed by atoms with Crippen LogP contribution >= 0.6 is 0 Å². The number of halogens is 3. The zero-order valence-electron chi connectivity index (χ0n) is 25.4. The Morgan fingerprint density at radius 3 is 2.24 bits per heavy atom. The Balaban J connectivity index is 0.00000237. The molecule has 42 heavy (non-hydrogen) atoms. The predicted octanol–water partition coefficient (Wildman–Crippen LogP) is 8.97. The van der Waals surface area contributed by atoms with E-state index in [1.165, 1.54) is 17.0 Å². The molecule has 1 aliphatic heterocycles. The molecule has 1 saturated heterocycles. The minimum atomic E-state index is -2.62. The standard InChI is InChI=1S/C33H36F3N3O.C2H6/c1-5-21(2)29-20-26(13-14-28(29)31(37)25-10-8-11-27(34)19-25)32(40)38-17-15-24(16-18-38)23(4)39(33(35)36)30-12-7-6-9-22(30)3;1-2/h5-14,19-20,23-24,33,37H,15-18H2,1-4H3;1-2H3/b21-5+,37-31?;. The SMILES string of the molecule is C/C=C(\C)c1cc(C(=O)N2CCC(C(C)N(c3ccccc3C)C(F)F)CC2)ccc1C(=N)c1cccc(F)c1.CC. The first-order chi connectivity index (χ1) is 20.1. The fourth-order valence-corrected chi connectivity index (χ4v) is 5.53. The fourth-order valence-electron chi connectivity index (χ4n) is 5.53. The lowest BCUT2D eigenvalue weighted by Gasteiger charge is -2.40. The molecule has 1 N–H and O–H groups in total. The predicted molar refractivity (Wildman–Crippen MR) is 167 cm³/mol. The van der Waals surface area contributed by atoms with Gasteiger partial charge in [-0.2, -0.15) is 8.78 Å². The van der Waals surface area contributed by atoms with Gasteiger partial charge in [-0.3, -0.25) is 10.2 Å². The summed E-state index contributed by atoms with van der Waals surface area (Å²) in [6.45, 7) is 9.85. The number of anilines is 1. The first-order valence-electron chi connectivity index (χ1n) is 14.7. The van der Waals surface area contributed by atoms with Crippen LogP contribution in [0.25, 0.3) is 5.57 Å². The molecule has 3 aromatic carbocycles. The second kappa shape index (κ2) is 14.9. The molecule has 1 fully saturated rings. The van der Waals surface area contributed by atoms with Crippen LogP contribution < -0.4 is 4.90 Å². The summed E-state index contributed by atoms with van der Waals surface area (Å²) in [5, 5.41) is 8.71. The molecule has 224 valence electrons. The van der Waals surface area contributed by atoms with Gasteiger partial charge in [0.1, 0.15) is 5.82 Å². The Labute approximate surface area is 248 Å². The number of hydrogen-bond donors (Lipinski definition) is 1. The smallest absolute Gasteiger partial charge is 0.315 e. The van der Waals surface area contributed by atoms with Gasteiger partial charge in [-0.1, -0.05) is 56.3 Å². The third kappa shape index (κ3) is 7.30. The summed E-state index contributed by atoms with van der Waals surface area (Å²) < 4.78 is 42.2. The van der Waals surface area contributed by atoms with Crippen molar-refractivity contribution in [2.75, 3.05) is 18.0 Å². The summed E-state index contributed by atoms with van der Waals surface area (Å²) in [5.41, 5.74) is 4.77. The number of alkyl halides is 2. The lowest BCUT2D eigenvalue weighted by atomic mass is 9.88. The Morgan fingerprint density at radius 1 is 0.976 bits per heavy atom. The van der Waals surface area contributed by atoms with E-state index in [0.717, 1.165) is 16.7 Å². The van der Waals surface area contributed by atoms with Gasteiger partial charge in [-0.15, -0.1) is 0 Å². The Kier molecular flexibility index (Phi) is 11.5. The second-order valence-corrected chi connectivity index (χ2v) is 10.5. The van der Waals surface area contributed by atoms with Crippen molar-refractivity contribution < 1.29 is 18.0 Å². The molecule has 0 spiro atoms. The molecular weight excluding hydrogens is 535 g/mol. The van der Waals surface area contributed by atoms with Crippen LogP contribution in [0.1, 0.15) is 80.1 Å². The zero-order valence-corrected chi connectivity index (χ0v) is 25.4. The number of aryl methyl sites for hydroxylation is 1. The number of para-hydroxylation sites is 1. The van der Waals surface area contributed by atoms with Crippen molar-refractivity contribution in [2.24, 2.45) is 5.92 Å². The Hall–Kier alpha value is -3.87. The normalized spacial score (nSPS) is 14.7. The molecule has 0 aromatic heterocycles. The molecule has 0 bridgehead atoms. The van der Waals surface area contributed by atoms with Gasteiger partial charge in [0.15, 0.2) is 0 Å². The number of likely N-dealkylation sites (tertiary alicyclic amines) is 1. The maximum Gasteiger partial charge on any atom is 0.315 e. The molecule has 0 radical (unpaired) electrons. The van der Waals surface area contributed by atoms with E-state index in [1.54, 1.807) is 47.4 Å². The maximum absolute atomic E-state index is 14.2. The van der Waals surface area contributed by atoms with Crippen molar-refractivity contribution in [3.05, 3.63) is 106 Å². The highest BCUT2D eigenvalue weighted by atomic mass is 19.3. The minimum Gasteiger partial charge on any atom is -0.339 e. The molecule has 4 nitrogen and oxygen atoms in total. The van der Waals surface area contributed by atoms with Crippen molar-refractivity contribution in [3.8, 4) is 0 Å². The van der Waals surface area contributed by atoms with Gasteiger partial charge < -0.3 is 9.80 Å². The van der Waals surface area contributed by atoms with E-state index in [0.29, 0.717) is 48.3 Å². The topological polar surface area (TPSA) is 47.4 Å². The molecule has 0 aliphatic carbocycles. The summed E-state index contributed by atoms with van der Waals surface area (Å²) >= 11 is 0. The summed E-state index contributed by atoms with van der Waals surface area (Å²) in [7, 11) is 0. The molecule has 0 saturated carbocycles. The molecular formula is C35H42F3N3O. The zero-order chi connectivity index (χ0) is 31.0. The van der Waals surface area contributed by atoms with Crippen LogP contribution in [-0.2, 0) is 0 Å². The first kappa shape index (κ1) is 32.6. The lowest BCUT2D eigenvalue weighted by molar-refractivity contribution is 0.0650. The average molecular weight is 578 g/mol. The highest BCUT2D eigenvalue weighted by molar-refractivity contribution is 6.14. The van der Waals surface area contributed by atoms with Gasteiger partial charge in [0.25, 0.3) is 5.91 Å². The molecule has 1 atom stereocenters. The molecule has 1 aliphatic rings. The van der Waals surface area contributed by atoms with E-state index in [1.807, 2.05) is 59.8 Å². The van der Waals surface area contributed by atoms with Crippen LogP contribution in [0.2, 0.25) is 0 Å². The van der Waals surface area contributed by atoms with Gasteiger partial charge >= 0.3 is 6.55 Å². The monoisotopic (exact) mass is 577 g/mol. The van der Waals surface area contributed by atoms with Crippen LogP contribution in [0.3, 0.4) is 0 Å². The van der Waals surface area contributed by atoms with E-state index >= 15 is 0 Å². The Morgan fingerprint density at radius 2 is 1.64 bits per heavy atom. The summed E-state index contributed by atoms with van der Waals surface area (Å²) in [6.07, 6.45) is 3.18. The van der Waals surface area contributed by atoms with Gasteiger partial charge in [0, 0.05) is 41.5 Å². The van der Waals surface area contributed by atoms with Crippen molar-refractivity contribution in [1.29, 1.82) is 5.41 Å². The van der Waals surface area contributed by atoms with Gasteiger partial charge in [-0.25, -0.2) is 4.39 Å². The highest BCUT2D eigenvalue weighted by Crippen LogP contribution is 2.33. The van der Waals surface area contributed by atoms with Crippen LogP contribution in [0.5, 0.6) is 0 Å². The number of carbonyl (C=O) groups is 1. The van der Waals surface area contributed by atoms with Gasteiger partial charge in [0.2, 0.25) is 0 Å². The number of rotatable bonds is 8. The van der Waals surface area contributed by atoms with Crippen LogP contribution in [-0.4, -0.2) is 42.2 Å². The number of nitrogens with one attached hydrogen (secondary N) is 1. The second-order valence-electron chi connectivity index (χ2n) is 10.5. The van der Waals surface area contributed by atoms with Crippen molar-refractivity contribution in [1.82, 2.24) is 4.90 Å². The molecule has 1 heterocycles. The number of allylic oxidation sites excluding steroid dienone is 2. The first-order valence-corrected chi connectivity index (χ1v) is 14.7. The summed E-state index contributed by atoms with van der Waals surface area (Å²) in [5.74, 6) is -0.510. The largest absolute Gasteiger partial charge is 0.339 e. The third-order valence-corrected chi connectivity index (χ3v) is 8.06. The van der Waals surface area contributed by atoms with Crippen molar-refractivity contribution >= 4 is 22.9 Å². The van der Waals surface area contributed by atoms with E-state index in [9.17, 15) is 18.0 Å². The number of amides is 1. The number of benzene rings is 3. The summed E-state index contributed by atoms with van der Waals surface area (Å²) in [6, 6.07) is 18.0. The fraction of sp³-hybridized carbons (Fsp3) is 0.371. The quantitative estimate of drug-likeness (QED) is 0.215. The van der Waals surface area contributed by atoms with E-state index < -0.39 is 12.4 Å². The average Bonchev–Trinajstić information content (AvgIpc) is 3.01. The number of hydrogen-bond acceptors (Lipinski definition) is 3. The maximum atomic E-state index is 14.2. The van der Waals surface area contributed by atoms with Crippen LogP contribution in [0.4, 0.5) is 18.9 Å². The minimum absolute atomic E-state index is 0.0209. The molecule has 7 heteroatoms. The van der Waals surface area contributed by atoms with E-state index in [-0.39, 0.29) is 23.6 Å². The number of piperidine rings is 1. The molecule has 1 unspecified atom stereocenters. The highest BCUT2D eigenvalue weighted by Gasteiger charge is 2.33. The van der Waals surface area contributed by atoms with E-state index in [4.69, 9.17) is 5.41 Å². The van der Waals surface area contributed by atoms with Gasteiger partial charge in [0.05, 0.1) is 5.71 Å². The van der Waals surface area contributed by atoms with E-state index in [2.05, 4.69) is 0 Å². The van der Waals surface area contributed by atoms with Crippen LogP contribution in [0.15, 0.2) is 72.8 Å². The Bertz CT molecular complexity index is 1410. The number of carbonyl (C=O) groups excluding carboxylic acids is 1.